The van der Waals surface area contributed by atoms with Gasteiger partial charge in [-0.3, -0.25) is 4.21 Å². The van der Waals surface area contributed by atoms with E-state index in [9.17, 15) is 4.21 Å². The van der Waals surface area contributed by atoms with Gasteiger partial charge in [0.25, 0.3) is 0 Å². The van der Waals surface area contributed by atoms with E-state index in [-0.39, 0.29) is 6.10 Å². The van der Waals surface area contributed by atoms with Gasteiger partial charge in [-0.1, -0.05) is 12.1 Å². The minimum atomic E-state index is -1.00. The van der Waals surface area contributed by atoms with Gasteiger partial charge in [0.15, 0.2) is 0 Å². The van der Waals surface area contributed by atoms with Gasteiger partial charge in [0.2, 0.25) is 0 Å². The van der Waals surface area contributed by atoms with Crippen molar-refractivity contribution in [2.24, 2.45) is 5.73 Å². The summed E-state index contributed by atoms with van der Waals surface area (Å²) in [5.74, 6) is 0.574. The van der Waals surface area contributed by atoms with E-state index in [0.29, 0.717) is 18.9 Å². The van der Waals surface area contributed by atoms with Gasteiger partial charge in [-0.2, -0.15) is 0 Å². The fourth-order valence-corrected chi connectivity index (χ4v) is 3.52. The van der Waals surface area contributed by atoms with E-state index in [0.717, 1.165) is 15.8 Å². The van der Waals surface area contributed by atoms with Gasteiger partial charge < -0.3 is 10.5 Å². The minimum absolute atomic E-state index is 0.00596. The first-order chi connectivity index (χ1) is 8.19. The van der Waals surface area contributed by atoms with E-state index in [1.165, 1.54) is 0 Å². The molecule has 96 valence electrons. The SMILES string of the molecule is CCOC(CN)CCS(=O)c1ccccc1Br. The molecule has 17 heavy (non-hydrogen) atoms. The van der Waals surface area contributed by atoms with Crippen molar-refractivity contribution in [1.29, 1.82) is 0 Å². The van der Waals surface area contributed by atoms with Crippen LogP contribution in [-0.4, -0.2) is 29.2 Å². The molecule has 2 atom stereocenters. The van der Waals surface area contributed by atoms with Crippen LogP contribution in [0.2, 0.25) is 0 Å². The van der Waals surface area contributed by atoms with Crippen LogP contribution in [-0.2, 0) is 15.5 Å². The third kappa shape index (κ3) is 4.87. The van der Waals surface area contributed by atoms with Crippen molar-refractivity contribution in [2.75, 3.05) is 18.9 Å². The van der Waals surface area contributed by atoms with E-state index in [4.69, 9.17) is 10.5 Å². The van der Waals surface area contributed by atoms with E-state index >= 15 is 0 Å². The fourth-order valence-electron chi connectivity index (χ4n) is 1.48. The molecule has 0 amide bonds. The normalized spacial score (nSPS) is 14.5. The summed E-state index contributed by atoms with van der Waals surface area (Å²) < 4.78 is 18.4. The summed E-state index contributed by atoms with van der Waals surface area (Å²) in [6.45, 7) is 3.05. The van der Waals surface area contributed by atoms with Gasteiger partial charge >= 0.3 is 0 Å². The highest BCUT2D eigenvalue weighted by Gasteiger charge is 2.11. The average Bonchev–Trinajstić information content (AvgIpc) is 2.34. The van der Waals surface area contributed by atoms with Crippen molar-refractivity contribution in [1.82, 2.24) is 0 Å². The molecule has 0 saturated carbocycles. The van der Waals surface area contributed by atoms with Crippen molar-refractivity contribution >= 4 is 26.7 Å². The summed E-state index contributed by atoms with van der Waals surface area (Å²) in [5, 5.41) is 0. The Morgan fingerprint density at radius 2 is 2.18 bits per heavy atom. The number of ether oxygens (including phenoxy) is 1. The first kappa shape index (κ1) is 14.8. The molecule has 0 heterocycles. The summed E-state index contributed by atoms with van der Waals surface area (Å²) in [6.07, 6.45) is 0.726. The van der Waals surface area contributed by atoms with Crippen molar-refractivity contribution in [3.05, 3.63) is 28.7 Å². The molecule has 0 saturated heterocycles. The molecule has 3 nitrogen and oxygen atoms in total. The molecule has 0 fully saturated rings. The molecule has 0 aliphatic carbocycles. The first-order valence-electron chi connectivity index (χ1n) is 5.63. The van der Waals surface area contributed by atoms with E-state index in [1.54, 1.807) is 0 Å². The number of hydrogen-bond donors (Lipinski definition) is 1. The van der Waals surface area contributed by atoms with Crippen LogP contribution in [0.4, 0.5) is 0 Å². The second-order valence-electron chi connectivity index (χ2n) is 3.58. The van der Waals surface area contributed by atoms with Crippen LogP contribution in [0.1, 0.15) is 13.3 Å². The largest absolute Gasteiger partial charge is 0.377 e. The smallest absolute Gasteiger partial charge is 0.0706 e. The topological polar surface area (TPSA) is 52.3 Å². The van der Waals surface area contributed by atoms with Crippen LogP contribution in [0.5, 0.6) is 0 Å². The Labute approximate surface area is 113 Å². The summed E-state index contributed by atoms with van der Waals surface area (Å²) in [6, 6.07) is 7.57. The van der Waals surface area contributed by atoms with E-state index < -0.39 is 10.8 Å². The molecule has 1 rings (SSSR count). The van der Waals surface area contributed by atoms with Crippen molar-refractivity contribution in [2.45, 2.75) is 24.3 Å². The second-order valence-corrected chi connectivity index (χ2v) is 5.98. The maximum Gasteiger partial charge on any atom is 0.0706 e. The molecule has 0 radical (unpaired) electrons. The lowest BCUT2D eigenvalue weighted by molar-refractivity contribution is 0.0672. The standard InChI is InChI=1S/C12H18BrNO2S/c1-2-16-10(9-14)7-8-17(15)12-6-4-3-5-11(12)13/h3-6,10H,2,7-9,14H2,1H3. The Hall–Kier alpha value is -0.230. The molecule has 1 aromatic carbocycles. The Morgan fingerprint density at radius 1 is 1.47 bits per heavy atom. The van der Waals surface area contributed by atoms with Gasteiger partial charge in [0, 0.05) is 23.4 Å². The van der Waals surface area contributed by atoms with Gasteiger partial charge in [-0.25, -0.2) is 0 Å². The molecule has 0 aliphatic rings. The molecular weight excluding hydrogens is 302 g/mol. The summed E-state index contributed by atoms with van der Waals surface area (Å²) in [5.41, 5.74) is 5.58. The number of halogens is 1. The molecule has 5 heteroatoms. The molecule has 0 bridgehead atoms. The summed E-state index contributed by atoms with van der Waals surface area (Å²) in [7, 11) is -1.00. The van der Waals surface area contributed by atoms with Crippen LogP contribution >= 0.6 is 15.9 Å². The van der Waals surface area contributed by atoms with Crippen LogP contribution < -0.4 is 5.73 Å². The summed E-state index contributed by atoms with van der Waals surface area (Å²) in [4.78, 5) is 0.833. The Balaban J connectivity index is 2.52. The molecule has 0 aromatic heterocycles. The average molecular weight is 320 g/mol. The van der Waals surface area contributed by atoms with Gasteiger partial charge in [-0.15, -0.1) is 0 Å². The number of benzene rings is 1. The quantitative estimate of drug-likeness (QED) is 0.839. The van der Waals surface area contributed by atoms with E-state index in [1.807, 2.05) is 31.2 Å². The summed E-state index contributed by atoms with van der Waals surface area (Å²) >= 11 is 3.40. The Kier molecular flexibility index (Phi) is 6.96. The molecule has 1 aromatic rings. The zero-order valence-corrected chi connectivity index (χ0v) is 12.3. The molecule has 2 N–H and O–H groups in total. The maximum atomic E-state index is 12.1. The Morgan fingerprint density at radius 3 is 2.76 bits per heavy atom. The van der Waals surface area contributed by atoms with Crippen LogP contribution in [0.3, 0.4) is 0 Å². The Bertz CT molecular complexity index is 373. The monoisotopic (exact) mass is 319 g/mol. The molecule has 2 unspecified atom stereocenters. The van der Waals surface area contributed by atoms with Crippen molar-refractivity contribution < 1.29 is 8.95 Å². The predicted molar refractivity (Wildman–Crippen MR) is 74.5 cm³/mol. The van der Waals surface area contributed by atoms with Crippen molar-refractivity contribution in [3.8, 4) is 0 Å². The third-order valence-corrected chi connectivity index (χ3v) is 4.78. The van der Waals surface area contributed by atoms with Crippen LogP contribution in [0, 0.1) is 0 Å². The van der Waals surface area contributed by atoms with Gasteiger partial charge in [0.1, 0.15) is 0 Å². The van der Waals surface area contributed by atoms with Crippen LogP contribution in [0.15, 0.2) is 33.6 Å². The fraction of sp³-hybridized carbons (Fsp3) is 0.500. The third-order valence-electron chi connectivity index (χ3n) is 2.37. The number of hydrogen-bond acceptors (Lipinski definition) is 3. The highest BCUT2D eigenvalue weighted by Crippen LogP contribution is 2.20. The second kappa shape index (κ2) is 7.97. The highest BCUT2D eigenvalue weighted by molar-refractivity contribution is 9.10. The lowest BCUT2D eigenvalue weighted by atomic mass is 10.3. The molecular formula is C12H18BrNO2S. The number of nitrogens with two attached hydrogens (primary N) is 1. The lowest BCUT2D eigenvalue weighted by Crippen LogP contribution is -2.25. The highest BCUT2D eigenvalue weighted by atomic mass is 79.9. The van der Waals surface area contributed by atoms with Gasteiger partial charge in [0.05, 0.1) is 21.8 Å². The molecule has 0 aliphatic heterocycles. The number of rotatable bonds is 7. The minimum Gasteiger partial charge on any atom is -0.377 e. The first-order valence-corrected chi connectivity index (χ1v) is 7.74. The van der Waals surface area contributed by atoms with Gasteiger partial charge in [-0.05, 0) is 41.4 Å². The lowest BCUT2D eigenvalue weighted by Gasteiger charge is -2.14. The van der Waals surface area contributed by atoms with Crippen molar-refractivity contribution in [3.63, 3.8) is 0 Å². The van der Waals surface area contributed by atoms with E-state index in [2.05, 4.69) is 15.9 Å². The maximum absolute atomic E-state index is 12.1. The molecule has 0 spiro atoms. The zero-order valence-electron chi connectivity index (χ0n) is 9.90. The van der Waals surface area contributed by atoms with Crippen LogP contribution in [0.25, 0.3) is 0 Å². The predicted octanol–water partition coefficient (Wildman–Crippen LogP) is 2.31. The zero-order chi connectivity index (χ0) is 12.7.